The van der Waals surface area contributed by atoms with Gasteiger partial charge in [0.1, 0.15) is 6.54 Å². The first-order valence-corrected chi connectivity index (χ1v) is 15.2. The van der Waals surface area contributed by atoms with E-state index in [9.17, 15) is 19.2 Å². The molecule has 0 spiro atoms. The fourth-order valence-corrected chi connectivity index (χ4v) is 5.77. The molecule has 0 aliphatic carbocycles. The summed E-state index contributed by atoms with van der Waals surface area (Å²) in [7, 11) is 0. The van der Waals surface area contributed by atoms with Gasteiger partial charge < -0.3 is 25.3 Å². The highest BCUT2D eigenvalue weighted by molar-refractivity contribution is 6.12. The van der Waals surface area contributed by atoms with Gasteiger partial charge in [-0.15, -0.1) is 0 Å². The van der Waals surface area contributed by atoms with Crippen LogP contribution in [0.15, 0.2) is 97.1 Å². The van der Waals surface area contributed by atoms with Crippen LogP contribution in [-0.2, 0) is 9.59 Å². The van der Waals surface area contributed by atoms with Gasteiger partial charge in [-0.25, -0.2) is 0 Å². The number of fused-ring (bicyclic) bond motifs is 1. The van der Waals surface area contributed by atoms with Crippen molar-refractivity contribution >= 4 is 40.7 Å². The maximum Gasteiger partial charge on any atom is 0.258 e. The molecule has 2 heterocycles. The van der Waals surface area contributed by atoms with Crippen LogP contribution in [0.2, 0.25) is 0 Å². The Bertz CT molecular complexity index is 1730. The number of nitrogens with one attached hydrogen (secondary N) is 2. The molecule has 0 atom stereocenters. The van der Waals surface area contributed by atoms with Crippen LogP contribution < -0.4 is 20.4 Å². The molecule has 0 bridgehead atoms. The van der Waals surface area contributed by atoms with Crippen LogP contribution >= 0.6 is 0 Å². The van der Waals surface area contributed by atoms with Crippen LogP contribution in [-0.4, -0.2) is 67.8 Å². The third kappa shape index (κ3) is 6.49. The van der Waals surface area contributed by atoms with Crippen LogP contribution in [0.25, 0.3) is 11.1 Å². The lowest BCUT2D eigenvalue weighted by Crippen LogP contribution is -2.50. The summed E-state index contributed by atoms with van der Waals surface area (Å²) in [6.45, 7) is 4.78. The predicted molar refractivity (Wildman–Crippen MR) is 176 cm³/mol. The normalized spacial score (nSPS) is 14.9. The summed E-state index contributed by atoms with van der Waals surface area (Å²) >= 11 is 0. The first-order chi connectivity index (χ1) is 21.9. The first kappa shape index (κ1) is 29.8. The summed E-state index contributed by atoms with van der Waals surface area (Å²) < 4.78 is 0. The Hall–Kier alpha value is -5.28. The van der Waals surface area contributed by atoms with Gasteiger partial charge in [0.25, 0.3) is 11.8 Å². The van der Waals surface area contributed by atoms with Crippen molar-refractivity contribution < 1.29 is 19.2 Å². The van der Waals surface area contributed by atoms with Crippen LogP contribution in [0, 0.1) is 6.92 Å². The van der Waals surface area contributed by atoms with Crippen LogP contribution in [0.3, 0.4) is 0 Å². The minimum absolute atomic E-state index is 0.0701. The van der Waals surface area contributed by atoms with E-state index in [1.165, 1.54) is 4.90 Å². The van der Waals surface area contributed by atoms with Gasteiger partial charge in [-0.2, -0.15) is 0 Å². The summed E-state index contributed by atoms with van der Waals surface area (Å²) in [6.07, 6.45) is 0.0871. The molecule has 9 heteroatoms. The van der Waals surface area contributed by atoms with Crippen molar-refractivity contribution in [3.8, 4) is 11.1 Å². The number of hydrogen-bond donors (Lipinski definition) is 2. The average Bonchev–Trinajstić information content (AvgIpc) is 3.21. The lowest BCUT2D eigenvalue weighted by atomic mass is 9.98. The molecule has 9 nitrogen and oxygen atoms in total. The number of benzene rings is 4. The Balaban J connectivity index is 1.19. The number of para-hydroxylation sites is 2. The Morgan fingerprint density at radius 2 is 1.44 bits per heavy atom. The zero-order valence-corrected chi connectivity index (χ0v) is 25.2. The highest BCUT2D eigenvalue weighted by Crippen LogP contribution is 2.34. The van der Waals surface area contributed by atoms with E-state index in [0.29, 0.717) is 41.3 Å². The Morgan fingerprint density at radius 1 is 0.778 bits per heavy atom. The van der Waals surface area contributed by atoms with Crippen molar-refractivity contribution in [3.05, 3.63) is 114 Å². The van der Waals surface area contributed by atoms with Gasteiger partial charge in [0.05, 0.1) is 11.4 Å². The second kappa shape index (κ2) is 13.2. The molecule has 1 fully saturated rings. The quantitative estimate of drug-likeness (QED) is 0.333. The number of carbonyl (C=O) groups is 4. The van der Waals surface area contributed by atoms with Gasteiger partial charge >= 0.3 is 0 Å². The third-order valence-corrected chi connectivity index (χ3v) is 8.25. The SMILES string of the molecule is Cc1ccc(-c2ccccc2C(=O)Nc2ccc(C(=O)N3CCC(=O)N(CC(=O)N4CCNCC4)c4ccccc43)cc2)cc1. The van der Waals surface area contributed by atoms with Gasteiger partial charge in [-0.3, -0.25) is 19.2 Å². The van der Waals surface area contributed by atoms with Crippen molar-refractivity contribution in [2.75, 3.05) is 54.4 Å². The molecule has 0 aromatic heterocycles. The number of carbonyl (C=O) groups excluding carboxylic acids is 4. The van der Waals surface area contributed by atoms with Gasteiger partial charge in [0.2, 0.25) is 11.8 Å². The molecule has 4 aromatic rings. The zero-order valence-electron chi connectivity index (χ0n) is 25.2. The predicted octanol–water partition coefficient (Wildman–Crippen LogP) is 4.73. The molecular weight excluding hydrogens is 566 g/mol. The maximum atomic E-state index is 13.8. The van der Waals surface area contributed by atoms with Crippen LogP contribution in [0.5, 0.6) is 0 Å². The van der Waals surface area contributed by atoms with E-state index < -0.39 is 0 Å². The van der Waals surface area contributed by atoms with Crippen molar-refractivity contribution in [2.45, 2.75) is 13.3 Å². The average molecular weight is 602 g/mol. The number of aryl methyl sites for hydroxylation is 1. The van der Waals surface area contributed by atoms with Crippen molar-refractivity contribution in [1.29, 1.82) is 0 Å². The van der Waals surface area contributed by atoms with E-state index in [-0.39, 0.29) is 43.1 Å². The van der Waals surface area contributed by atoms with Crippen molar-refractivity contribution in [2.24, 2.45) is 0 Å². The number of anilines is 3. The van der Waals surface area contributed by atoms with E-state index in [2.05, 4.69) is 10.6 Å². The molecule has 45 heavy (non-hydrogen) atoms. The van der Waals surface area contributed by atoms with Gasteiger partial charge in [-0.1, -0.05) is 60.2 Å². The molecule has 2 aliphatic heterocycles. The highest BCUT2D eigenvalue weighted by atomic mass is 16.2. The molecule has 2 aliphatic rings. The molecule has 2 N–H and O–H groups in total. The number of rotatable bonds is 6. The van der Waals surface area contributed by atoms with Crippen LogP contribution in [0.1, 0.15) is 32.7 Å². The number of nitrogens with zero attached hydrogens (tertiary/aromatic N) is 3. The second-order valence-corrected chi connectivity index (χ2v) is 11.2. The van der Waals surface area contributed by atoms with Crippen LogP contribution in [0.4, 0.5) is 17.1 Å². The monoisotopic (exact) mass is 601 g/mol. The summed E-state index contributed by atoms with van der Waals surface area (Å²) in [5.74, 6) is -0.836. The first-order valence-electron chi connectivity index (χ1n) is 15.2. The number of amides is 4. The third-order valence-electron chi connectivity index (χ3n) is 8.25. The summed E-state index contributed by atoms with van der Waals surface area (Å²) in [6, 6.07) is 29.4. The number of hydrogen-bond acceptors (Lipinski definition) is 5. The standard InChI is InChI=1S/C36H35N5O4/c1-25-10-12-26(13-11-25)29-6-2-3-7-30(29)35(44)38-28-16-14-27(15-17-28)36(45)40-21-18-33(42)41(32-9-5-4-8-31(32)40)24-34(43)39-22-19-37-20-23-39/h2-17,37H,18-24H2,1H3,(H,38,44). The smallest absolute Gasteiger partial charge is 0.258 e. The minimum atomic E-state index is -0.270. The van der Waals surface area contributed by atoms with E-state index in [0.717, 1.165) is 29.8 Å². The molecule has 4 amide bonds. The molecule has 6 rings (SSSR count). The maximum absolute atomic E-state index is 13.8. The molecule has 4 aromatic carbocycles. The second-order valence-electron chi connectivity index (χ2n) is 11.2. The van der Waals surface area contributed by atoms with E-state index in [1.807, 2.05) is 55.5 Å². The lowest BCUT2D eigenvalue weighted by Gasteiger charge is -2.30. The minimum Gasteiger partial charge on any atom is -0.339 e. The molecule has 1 saturated heterocycles. The number of piperazine rings is 1. The zero-order chi connectivity index (χ0) is 31.3. The Kier molecular flexibility index (Phi) is 8.70. The molecule has 228 valence electrons. The van der Waals surface area contributed by atoms with E-state index in [1.54, 1.807) is 58.3 Å². The largest absolute Gasteiger partial charge is 0.339 e. The molecular formula is C36H35N5O4. The van der Waals surface area contributed by atoms with Gasteiger partial charge in [-0.05, 0) is 60.5 Å². The molecule has 0 radical (unpaired) electrons. The lowest BCUT2D eigenvalue weighted by molar-refractivity contribution is -0.131. The van der Waals surface area contributed by atoms with E-state index >= 15 is 0 Å². The van der Waals surface area contributed by atoms with Gasteiger partial charge in [0.15, 0.2) is 0 Å². The summed E-state index contributed by atoms with van der Waals surface area (Å²) in [4.78, 5) is 58.3. The summed E-state index contributed by atoms with van der Waals surface area (Å²) in [5, 5.41) is 6.18. The molecule has 0 saturated carbocycles. The van der Waals surface area contributed by atoms with Gasteiger partial charge in [0, 0.05) is 56.0 Å². The Labute approximate surface area is 262 Å². The molecule has 0 unspecified atom stereocenters. The van der Waals surface area contributed by atoms with E-state index in [4.69, 9.17) is 0 Å². The van der Waals surface area contributed by atoms with Crippen molar-refractivity contribution in [3.63, 3.8) is 0 Å². The highest BCUT2D eigenvalue weighted by Gasteiger charge is 2.32. The Morgan fingerprint density at radius 3 is 2.18 bits per heavy atom. The topological polar surface area (TPSA) is 102 Å². The fraction of sp³-hybridized carbons (Fsp3) is 0.222. The van der Waals surface area contributed by atoms with Crippen molar-refractivity contribution in [1.82, 2.24) is 10.2 Å². The fourth-order valence-electron chi connectivity index (χ4n) is 5.77. The summed E-state index contributed by atoms with van der Waals surface area (Å²) in [5.41, 5.74) is 5.56.